The molecule has 0 aliphatic heterocycles. The van der Waals surface area contributed by atoms with Crippen molar-refractivity contribution >= 4 is 28.4 Å². The zero-order valence-corrected chi connectivity index (χ0v) is 9.89. The predicted molar refractivity (Wildman–Crippen MR) is 61.4 cm³/mol. The average Bonchev–Trinajstić information content (AvgIpc) is 2.20. The van der Waals surface area contributed by atoms with Gasteiger partial charge in [0.15, 0.2) is 0 Å². The van der Waals surface area contributed by atoms with Crippen LogP contribution >= 0.6 is 23.2 Å². The summed E-state index contributed by atoms with van der Waals surface area (Å²) in [5.41, 5.74) is 1.02. The highest BCUT2D eigenvalue weighted by Crippen LogP contribution is 2.15. The maximum Gasteiger partial charge on any atom is 0.227 e. The summed E-state index contributed by atoms with van der Waals surface area (Å²) in [6, 6.07) is 7.34. The van der Waals surface area contributed by atoms with Crippen LogP contribution < -0.4 is 0 Å². The quantitative estimate of drug-likeness (QED) is 0.748. The lowest BCUT2D eigenvalue weighted by molar-refractivity contribution is -0.116. The Morgan fingerprint density at radius 2 is 2.00 bits per heavy atom. The van der Waals surface area contributed by atoms with Gasteiger partial charge in [-0.15, -0.1) is 0 Å². The summed E-state index contributed by atoms with van der Waals surface area (Å²) in [7, 11) is 1.55. The van der Waals surface area contributed by atoms with Gasteiger partial charge in [-0.25, -0.2) is 0 Å². The Bertz CT molecular complexity index is 322. The molecule has 0 spiro atoms. The van der Waals surface area contributed by atoms with E-state index in [0.717, 1.165) is 5.56 Å². The van der Waals surface area contributed by atoms with Crippen LogP contribution in [0.3, 0.4) is 0 Å². The summed E-state index contributed by atoms with van der Waals surface area (Å²) in [6.07, 6.45) is 0.577. The fraction of sp³-hybridized carbons (Fsp3) is 0.364. The van der Waals surface area contributed by atoms with Crippen molar-refractivity contribution in [3.8, 4) is 0 Å². The lowest BCUT2D eigenvalue weighted by Crippen LogP contribution is -2.17. The fourth-order valence-electron chi connectivity index (χ4n) is 1.31. The van der Waals surface area contributed by atoms with Gasteiger partial charge in [-0.1, -0.05) is 23.7 Å². The molecule has 0 aromatic heterocycles. The zero-order valence-electron chi connectivity index (χ0n) is 8.37. The van der Waals surface area contributed by atoms with E-state index in [2.05, 4.69) is 0 Å². The van der Waals surface area contributed by atoms with Crippen LogP contribution in [-0.2, 0) is 16.0 Å². The van der Waals surface area contributed by atoms with E-state index < -0.39 is 0 Å². The number of hydrogen-bond donors (Lipinski definition) is 0. The van der Waals surface area contributed by atoms with E-state index in [9.17, 15) is 4.79 Å². The Kier molecular flexibility index (Phi) is 5.09. The minimum atomic E-state index is -0.369. The largest absolute Gasteiger partial charge is 0.384 e. The van der Waals surface area contributed by atoms with Crippen LogP contribution in [-0.4, -0.2) is 19.0 Å². The number of carbonyl (C=O) groups excluding carboxylic acids is 1. The van der Waals surface area contributed by atoms with Gasteiger partial charge in [-0.05, 0) is 35.7 Å². The average molecular weight is 247 g/mol. The molecule has 15 heavy (non-hydrogen) atoms. The molecule has 0 saturated heterocycles. The van der Waals surface area contributed by atoms with Gasteiger partial charge in [0.1, 0.15) is 0 Å². The van der Waals surface area contributed by atoms with Crippen molar-refractivity contribution in [1.82, 2.24) is 0 Å². The molecule has 0 bridgehead atoms. The molecule has 0 aliphatic carbocycles. The van der Waals surface area contributed by atoms with Gasteiger partial charge in [0.05, 0.1) is 12.5 Å². The number of benzene rings is 1. The van der Waals surface area contributed by atoms with E-state index >= 15 is 0 Å². The fourth-order valence-corrected chi connectivity index (χ4v) is 1.58. The Morgan fingerprint density at radius 1 is 1.40 bits per heavy atom. The summed E-state index contributed by atoms with van der Waals surface area (Å²) in [4.78, 5) is 11.1. The van der Waals surface area contributed by atoms with Gasteiger partial charge >= 0.3 is 0 Å². The van der Waals surface area contributed by atoms with Crippen molar-refractivity contribution in [2.24, 2.45) is 5.92 Å². The first-order valence-corrected chi connectivity index (χ1v) is 5.32. The van der Waals surface area contributed by atoms with Crippen molar-refractivity contribution in [3.05, 3.63) is 34.9 Å². The summed E-state index contributed by atoms with van der Waals surface area (Å²) in [5, 5.41) is 0.311. The van der Waals surface area contributed by atoms with E-state index in [0.29, 0.717) is 18.1 Å². The smallest absolute Gasteiger partial charge is 0.227 e. The van der Waals surface area contributed by atoms with Gasteiger partial charge < -0.3 is 4.74 Å². The molecule has 0 radical (unpaired) electrons. The van der Waals surface area contributed by atoms with E-state index in [4.69, 9.17) is 27.9 Å². The van der Waals surface area contributed by atoms with Gasteiger partial charge in [-0.2, -0.15) is 0 Å². The molecule has 0 saturated carbocycles. The third kappa shape index (κ3) is 4.20. The minimum Gasteiger partial charge on any atom is -0.384 e. The van der Waals surface area contributed by atoms with Crippen LogP contribution in [0.4, 0.5) is 0 Å². The van der Waals surface area contributed by atoms with Crippen molar-refractivity contribution in [2.45, 2.75) is 6.42 Å². The summed E-state index contributed by atoms with van der Waals surface area (Å²) in [6.45, 7) is 0.338. The molecule has 2 nitrogen and oxygen atoms in total. The lowest BCUT2D eigenvalue weighted by Gasteiger charge is -2.11. The normalized spacial score (nSPS) is 12.5. The van der Waals surface area contributed by atoms with Crippen molar-refractivity contribution in [2.75, 3.05) is 13.7 Å². The van der Waals surface area contributed by atoms with Gasteiger partial charge in [0.25, 0.3) is 0 Å². The summed E-state index contributed by atoms with van der Waals surface area (Å²) < 4.78 is 4.93. The maximum absolute atomic E-state index is 11.1. The molecule has 1 rings (SSSR count). The predicted octanol–water partition coefficient (Wildman–Crippen LogP) is 2.91. The topological polar surface area (TPSA) is 26.3 Å². The zero-order chi connectivity index (χ0) is 11.3. The monoisotopic (exact) mass is 246 g/mol. The van der Waals surface area contributed by atoms with Crippen molar-refractivity contribution in [3.63, 3.8) is 0 Å². The Morgan fingerprint density at radius 3 is 2.47 bits per heavy atom. The highest BCUT2D eigenvalue weighted by atomic mass is 35.5. The standard InChI is InChI=1S/C11H12Cl2O2/c1-15-7-9(11(13)14)6-8-2-4-10(12)5-3-8/h2-5,9H,6-7H2,1H3. The number of ether oxygens (including phenoxy) is 1. The molecule has 1 atom stereocenters. The first-order chi connectivity index (χ1) is 7.13. The van der Waals surface area contributed by atoms with Crippen molar-refractivity contribution < 1.29 is 9.53 Å². The second-order valence-corrected chi connectivity index (χ2v) is 4.10. The molecule has 82 valence electrons. The highest BCUT2D eigenvalue weighted by molar-refractivity contribution is 6.64. The van der Waals surface area contributed by atoms with Gasteiger partial charge in [0, 0.05) is 12.1 Å². The first-order valence-electron chi connectivity index (χ1n) is 4.56. The van der Waals surface area contributed by atoms with Gasteiger partial charge in [0.2, 0.25) is 5.24 Å². The Balaban J connectivity index is 2.65. The van der Waals surface area contributed by atoms with Gasteiger partial charge in [-0.3, -0.25) is 4.79 Å². The highest BCUT2D eigenvalue weighted by Gasteiger charge is 2.16. The van der Waals surface area contributed by atoms with Crippen molar-refractivity contribution in [1.29, 1.82) is 0 Å². The molecule has 0 heterocycles. The SMILES string of the molecule is COCC(Cc1ccc(Cl)cc1)C(=O)Cl. The number of hydrogen-bond acceptors (Lipinski definition) is 2. The van der Waals surface area contributed by atoms with Crippen LogP contribution in [0, 0.1) is 5.92 Å². The number of rotatable bonds is 5. The maximum atomic E-state index is 11.1. The molecular formula is C11H12Cl2O2. The third-order valence-corrected chi connectivity index (χ3v) is 2.64. The van der Waals surface area contributed by atoms with Crippen LogP contribution in [0.1, 0.15) is 5.56 Å². The lowest BCUT2D eigenvalue weighted by atomic mass is 10.0. The third-order valence-electron chi connectivity index (χ3n) is 2.08. The summed E-state index contributed by atoms with van der Waals surface area (Å²) >= 11 is 11.2. The Labute approximate surface area is 99.1 Å². The molecule has 1 aromatic carbocycles. The molecule has 0 fully saturated rings. The molecule has 0 amide bonds. The van der Waals surface area contributed by atoms with E-state index in [1.807, 2.05) is 12.1 Å². The molecule has 4 heteroatoms. The number of methoxy groups -OCH3 is 1. The molecule has 0 N–H and O–H groups in total. The number of carbonyl (C=O) groups is 1. The van der Waals surface area contributed by atoms with E-state index in [1.54, 1.807) is 19.2 Å². The Hall–Kier alpha value is -0.570. The summed E-state index contributed by atoms with van der Waals surface area (Å²) in [5.74, 6) is -0.294. The van der Waals surface area contributed by atoms with Crippen LogP contribution in [0.25, 0.3) is 0 Å². The minimum absolute atomic E-state index is 0.294. The molecule has 0 aliphatic rings. The van der Waals surface area contributed by atoms with Crippen LogP contribution in [0.15, 0.2) is 24.3 Å². The first kappa shape index (κ1) is 12.5. The van der Waals surface area contributed by atoms with E-state index in [1.165, 1.54) is 0 Å². The molecule has 1 unspecified atom stereocenters. The van der Waals surface area contributed by atoms with Crippen LogP contribution in [0.2, 0.25) is 5.02 Å². The molecular weight excluding hydrogens is 235 g/mol. The second-order valence-electron chi connectivity index (χ2n) is 3.29. The number of halogens is 2. The molecule has 1 aromatic rings. The van der Waals surface area contributed by atoms with E-state index in [-0.39, 0.29) is 11.2 Å². The van der Waals surface area contributed by atoms with Crippen LogP contribution in [0.5, 0.6) is 0 Å². The second kappa shape index (κ2) is 6.11.